The number of anilines is 1. The van der Waals surface area contributed by atoms with Crippen molar-refractivity contribution in [2.45, 2.75) is 12.7 Å². The number of hydrogen-bond acceptors (Lipinski definition) is 6. The molecule has 0 saturated carbocycles. The standard InChI is InChI=1S/C11H10N4O3S/c1-8-13-14-11(18-8)15-19(16,17)7-10-5-3-2-4-9(10)6-12/h2-5H,7H2,1H3,(H,14,15). The van der Waals surface area contributed by atoms with Crippen LogP contribution in [-0.4, -0.2) is 18.6 Å². The molecule has 0 fully saturated rings. The summed E-state index contributed by atoms with van der Waals surface area (Å²) >= 11 is 0. The lowest BCUT2D eigenvalue weighted by Gasteiger charge is -2.05. The fraction of sp³-hybridized carbons (Fsp3) is 0.182. The molecule has 8 heteroatoms. The van der Waals surface area contributed by atoms with Gasteiger partial charge in [-0.2, -0.15) is 5.26 Å². The Balaban J connectivity index is 2.20. The van der Waals surface area contributed by atoms with E-state index in [-0.39, 0.29) is 17.7 Å². The van der Waals surface area contributed by atoms with Crippen molar-refractivity contribution < 1.29 is 12.8 Å². The number of nitriles is 1. The fourth-order valence-electron chi connectivity index (χ4n) is 1.47. The topological polar surface area (TPSA) is 109 Å². The summed E-state index contributed by atoms with van der Waals surface area (Å²) in [4.78, 5) is 0. The minimum atomic E-state index is -3.70. The van der Waals surface area contributed by atoms with Gasteiger partial charge in [-0.25, -0.2) is 13.1 Å². The molecule has 7 nitrogen and oxygen atoms in total. The number of rotatable bonds is 4. The maximum absolute atomic E-state index is 11.9. The number of sulfonamides is 1. The van der Waals surface area contributed by atoms with Crippen LogP contribution in [0.5, 0.6) is 0 Å². The molecule has 19 heavy (non-hydrogen) atoms. The Hall–Kier alpha value is -2.40. The van der Waals surface area contributed by atoms with Crippen LogP contribution >= 0.6 is 0 Å². The predicted molar refractivity (Wildman–Crippen MR) is 66.4 cm³/mol. The van der Waals surface area contributed by atoms with Gasteiger partial charge >= 0.3 is 6.01 Å². The van der Waals surface area contributed by atoms with Gasteiger partial charge in [0.15, 0.2) is 0 Å². The molecule has 0 atom stereocenters. The molecule has 1 aromatic heterocycles. The van der Waals surface area contributed by atoms with Crippen molar-refractivity contribution in [1.82, 2.24) is 10.2 Å². The van der Waals surface area contributed by atoms with Gasteiger partial charge in [0, 0.05) is 6.92 Å². The zero-order valence-corrected chi connectivity index (χ0v) is 10.8. The van der Waals surface area contributed by atoms with Crippen molar-refractivity contribution in [1.29, 1.82) is 5.26 Å². The van der Waals surface area contributed by atoms with Crippen molar-refractivity contribution in [3.8, 4) is 6.07 Å². The van der Waals surface area contributed by atoms with E-state index in [0.717, 1.165) is 0 Å². The van der Waals surface area contributed by atoms with E-state index < -0.39 is 10.0 Å². The zero-order chi connectivity index (χ0) is 13.9. The maximum atomic E-state index is 11.9. The third-order valence-electron chi connectivity index (χ3n) is 2.25. The monoisotopic (exact) mass is 278 g/mol. The second-order valence-corrected chi connectivity index (χ2v) is 5.48. The fourth-order valence-corrected chi connectivity index (χ4v) is 2.55. The minimum Gasteiger partial charge on any atom is -0.408 e. The summed E-state index contributed by atoms with van der Waals surface area (Å²) in [6.45, 7) is 1.55. The number of nitrogens with one attached hydrogen (secondary N) is 1. The molecule has 0 bridgehead atoms. The van der Waals surface area contributed by atoms with Crippen molar-refractivity contribution in [2.75, 3.05) is 4.72 Å². The van der Waals surface area contributed by atoms with Gasteiger partial charge in [-0.05, 0) is 11.6 Å². The molecule has 1 heterocycles. The summed E-state index contributed by atoms with van der Waals surface area (Å²) < 4.78 is 30.9. The van der Waals surface area contributed by atoms with Crippen molar-refractivity contribution in [3.63, 3.8) is 0 Å². The number of nitrogens with zero attached hydrogens (tertiary/aromatic N) is 3. The van der Waals surface area contributed by atoms with Gasteiger partial charge < -0.3 is 4.42 Å². The number of aromatic nitrogens is 2. The Morgan fingerprint density at radius 3 is 2.74 bits per heavy atom. The van der Waals surface area contributed by atoms with Crippen LogP contribution in [0.1, 0.15) is 17.0 Å². The molecule has 1 N–H and O–H groups in total. The van der Waals surface area contributed by atoms with Gasteiger partial charge in [-0.3, -0.25) is 0 Å². The number of hydrogen-bond donors (Lipinski definition) is 1. The summed E-state index contributed by atoms with van der Waals surface area (Å²) in [5, 5.41) is 16.0. The van der Waals surface area contributed by atoms with E-state index in [1.54, 1.807) is 31.2 Å². The van der Waals surface area contributed by atoms with Crippen LogP contribution < -0.4 is 4.72 Å². The van der Waals surface area contributed by atoms with Crippen LogP contribution in [0.4, 0.5) is 6.01 Å². The maximum Gasteiger partial charge on any atom is 0.329 e. The first kappa shape index (κ1) is 13.0. The highest BCUT2D eigenvalue weighted by Gasteiger charge is 2.17. The largest absolute Gasteiger partial charge is 0.408 e. The molecular weight excluding hydrogens is 268 g/mol. The summed E-state index contributed by atoms with van der Waals surface area (Å²) in [6, 6.07) is 8.23. The van der Waals surface area contributed by atoms with E-state index in [4.69, 9.17) is 9.68 Å². The molecule has 0 saturated heterocycles. The molecule has 0 radical (unpaired) electrons. The minimum absolute atomic E-state index is 0.188. The highest BCUT2D eigenvalue weighted by Crippen LogP contribution is 2.14. The molecule has 1 aromatic carbocycles. The quantitative estimate of drug-likeness (QED) is 0.899. The highest BCUT2D eigenvalue weighted by atomic mass is 32.2. The average Bonchev–Trinajstić information content (AvgIpc) is 2.74. The molecule has 2 aromatic rings. The van der Waals surface area contributed by atoms with E-state index >= 15 is 0 Å². The lowest BCUT2D eigenvalue weighted by atomic mass is 10.1. The van der Waals surface area contributed by atoms with E-state index in [9.17, 15) is 8.42 Å². The third kappa shape index (κ3) is 3.29. The molecule has 0 aliphatic rings. The van der Waals surface area contributed by atoms with E-state index in [2.05, 4.69) is 14.9 Å². The molecule has 0 spiro atoms. The molecular formula is C11H10N4O3S. The van der Waals surface area contributed by atoms with Gasteiger partial charge in [0.2, 0.25) is 15.9 Å². The third-order valence-corrected chi connectivity index (χ3v) is 3.43. The molecule has 0 amide bonds. The average molecular weight is 278 g/mol. The smallest absolute Gasteiger partial charge is 0.329 e. The van der Waals surface area contributed by atoms with Crippen LogP contribution in [0.15, 0.2) is 28.7 Å². The van der Waals surface area contributed by atoms with Gasteiger partial charge in [0.05, 0.1) is 17.4 Å². The molecule has 98 valence electrons. The second kappa shape index (κ2) is 5.07. The van der Waals surface area contributed by atoms with Gasteiger partial charge in [0.1, 0.15) is 0 Å². The Labute approximate surface area is 109 Å². The lowest BCUT2D eigenvalue weighted by Crippen LogP contribution is -2.16. The second-order valence-electron chi connectivity index (χ2n) is 3.76. The Kier molecular flexibility index (Phi) is 3.48. The van der Waals surface area contributed by atoms with Gasteiger partial charge in [-0.15, -0.1) is 5.10 Å². The number of aryl methyl sites for hydroxylation is 1. The van der Waals surface area contributed by atoms with Crippen LogP contribution in [0.3, 0.4) is 0 Å². The Morgan fingerprint density at radius 1 is 1.37 bits per heavy atom. The number of benzene rings is 1. The van der Waals surface area contributed by atoms with Crippen molar-refractivity contribution >= 4 is 16.0 Å². The van der Waals surface area contributed by atoms with E-state index in [0.29, 0.717) is 11.1 Å². The van der Waals surface area contributed by atoms with Crippen LogP contribution in [-0.2, 0) is 15.8 Å². The Bertz CT molecular complexity index is 730. The van der Waals surface area contributed by atoms with Crippen LogP contribution in [0.2, 0.25) is 0 Å². The van der Waals surface area contributed by atoms with Gasteiger partial charge in [0.25, 0.3) is 0 Å². The van der Waals surface area contributed by atoms with Crippen molar-refractivity contribution in [2.24, 2.45) is 0 Å². The molecule has 0 aliphatic carbocycles. The first-order chi connectivity index (χ1) is 9.00. The zero-order valence-electron chi connectivity index (χ0n) is 9.99. The predicted octanol–water partition coefficient (Wildman–Crippen LogP) is 1.19. The van der Waals surface area contributed by atoms with Crippen molar-refractivity contribution in [3.05, 3.63) is 41.3 Å². The first-order valence-corrected chi connectivity index (χ1v) is 6.94. The summed E-state index contributed by atoms with van der Waals surface area (Å²) in [5.74, 6) is -0.0758. The highest BCUT2D eigenvalue weighted by molar-refractivity contribution is 7.91. The first-order valence-electron chi connectivity index (χ1n) is 5.29. The van der Waals surface area contributed by atoms with E-state index in [1.165, 1.54) is 0 Å². The summed E-state index contributed by atoms with van der Waals surface area (Å²) in [7, 11) is -3.70. The van der Waals surface area contributed by atoms with E-state index in [1.807, 2.05) is 6.07 Å². The Morgan fingerprint density at radius 2 is 2.11 bits per heavy atom. The normalized spacial score (nSPS) is 10.9. The summed E-state index contributed by atoms with van der Waals surface area (Å²) in [6.07, 6.45) is 0. The molecule has 0 unspecified atom stereocenters. The van der Waals surface area contributed by atoms with Crippen LogP contribution in [0.25, 0.3) is 0 Å². The lowest BCUT2D eigenvalue weighted by molar-refractivity contribution is 0.534. The van der Waals surface area contributed by atoms with Crippen LogP contribution in [0, 0.1) is 18.3 Å². The molecule has 2 rings (SSSR count). The summed E-state index contributed by atoms with van der Waals surface area (Å²) in [5.41, 5.74) is 0.725. The van der Waals surface area contributed by atoms with Gasteiger partial charge in [-0.1, -0.05) is 23.3 Å². The SMILES string of the molecule is Cc1nnc(NS(=O)(=O)Cc2ccccc2C#N)o1. The molecule has 0 aliphatic heterocycles.